The molecule has 20 heavy (non-hydrogen) atoms. The molecule has 0 aliphatic rings. The van der Waals surface area contributed by atoms with Crippen LogP contribution in [0.15, 0.2) is 47.1 Å². The second-order valence-electron chi connectivity index (χ2n) is 4.95. The fourth-order valence-corrected chi connectivity index (χ4v) is 2.03. The summed E-state index contributed by atoms with van der Waals surface area (Å²) in [6, 6.07) is 11.8. The molecule has 2 rings (SSSR count). The first kappa shape index (κ1) is 14.3. The van der Waals surface area contributed by atoms with E-state index in [1.807, 2.05) is 55.3 Å². The van der Waals surface area contributed by atoms with E-state index in [1.54, 1.807) is 6.26 Å². The Morgan fingerprint density at radius 1 is 1.25 bits per heavy atom. The van der Waals surface area contributed by atoms with E-state index in [0.29, 0.717) is 19.6 Å². The number of aryl methyl sites for hydroxylation is 1. The fraction of sp³-hybridized carbons (Fsp3) is 0.312. The average Bonchev–Trinajstić information content (AvgIpc) is 2.90. The first-order valence-corrected chi connectivity index (χ1v) is 6.67. The van der Waals surface area contributed by atoms with Crippen LogP contribution < -0.4 is 5.32 Å². The van der Waals surface area contributed by atoms with Gasteiger partial charge in [0, 0.05) is 6.54 Å². The molecule has 4 heteroatoms. The van der Waals surface area contributed by atoms with Crippen molar-refractivity contribution >= 4 is 5.91 Å². The molecule has 1 aromatic carbocycles. The lowest BCUT2D eigenvalue weighted by atomic mass is 10.1. The molecule has 0 bridgehead atoms. The molecule has 0 aliphatic carbocycles. The van der Waals surface area contributed by atoms with Crippen LogP contribution in [-0.2, 0) is 17.9 Å². The number of likely N-dealkylation sites (N-methyl/N-ethyl adjacent to an activating group) is 1. The molecule has 0 saturated carbocycles. The maximum absolute atomic E-state index is 11.9. The molecule has 4 nitrogen and oxygen atoms in total. The minimum Gasteiger partial charge on any atom is -0.468 e. The van der Waals surface area contributed by atoms with Gasteiger partial charge in [-0.05, 0) is 37.2 Å². The van der Waals surface area contributed by atoms with E-state index in [4.69, 9.17) is 4.42 Å². The second-order valence-corrected chi connectivity index (χ2v) is 4.95. The highest BCUT2D eigenvalue weighted by Crippen LogP contribution is 2.06. The first-order valence-electron chi connectivity index (χ1n) is 6.67. The summed E-state index contributed by atoms with van der Waals surface area (Å²) in [5.74, 6) is 0.876. The molecule has 1 N–H and O–H groups in total. The molecule has 0 unspecified atom stereocenters. The quantitative estimate of drug-likeness (QED) is 0.878. The van der Waals surface area contributed by atoms with E-state index in [9.17, 15) is 4.79 Å². The number of carbonyl (C=O) groups excluding carboxylic acids is 1. The Labute approximate surface area is 119 Å². The van der Waals surface area contributed by atoms with Crippen LogP contribution in [-0.4, -0.2) is 24.4 Å². The van der Waals surface area contributed by atoms with Crippen molar-refractivity contribution in [2.24, 2.45) is 0 Å². The third kappa shape index (κ3) is 4.24. The van der Waals surface area contributed by atoms with Gasteiger partial charge in [-0.3, -0.25) is 9.69 Å². The van der Waals surface area contributed by atoms with Crippen molar-refractivity contribution in [3.8, 4) is 0 Å². The van der Waals surface area contributed by atoms with Gasteiger partial charge in [-0.15, -0.1) is 0 Å². The Morgan fingerprint density at radius 2 is 2.05 bits per heavy atom. The Kier molecular flexibility index (Phi) is 4.96. The highest BCUT2D eigenvalue weighted by atomic mass is 16.3. The summed E-state index contributed by atoms with van der Waals surface area (Å²) < 4.78 is 5.26. The van der Waals surface area contributed by atoms with Gasteiger partial charge in [-0.1, -0.05) is 24.3 Å². The molecule has 1 aromatic heterocycles. The molecule has 0 aliphatic heterocycles. The molecule has 0 radical (unpaired) electrons. The van der Waals surface area contributed by atoms with Crippen LogP contribution >= 0.6 is 0 Å². The summed E-state index contributed by atoms with van der Waals surface area (Å²) >= 11 is 0. The van der Waals surface area contributed by atoms with E-state index >= 15 is 0 Å². The molecule has 1 amide bonds. The lowest BCUT2D eigenvalue weighted by Gasteiger charge is -2.15. The fourth-order valence-electron chi connectivity index (χ4n) is 2.03. The number of nitrogens with one attached hydrogen (secondary N) is 1. The molecule has 106 valence electrons. The van der Waals surface area contributed by atoms with Crippen molar-refractivity contribution in [2.45, 2.75) is 20.0 Å². The lowest BCUT2D eigenvalue weighted by Crippen LogP contribution is -2.34. The second kappa shape index (κ2) is 6.91. The Balaban J connectivity index is 1.76. The SMILES string of the molecule is Cc1ccccc1CNC(=O)CN(C)Cc1ccco1. The third-order valence-electron chi connectivity index (χ3n) is 3.16. The minimum atomic E-state index is 0.0160. The van der Waals surface area contributed by atoms with Crippen molar-refractivity contribution < 1.29 is 9.21 Å². The summed E-state index contributed by atoms with van der Waals surface area (Å²) in [4.78, 5) is 13.8. The van der Waals surface area contributed by atoms with Crippen LogP contribution in [0.4, 0.5) is 0 Å². The Hall–Kier alpha value is -2.07. The monoisotopic (exact) mass is 272 g/mol. The molecular weight excluding hydrogens is 252 g/mol. The van der Waals surface area contributed by atoms with Crippen molar-refractivity contribution in [3.05, 3.63) is 59.5 Å². The number of amides is 1. The van der Waals surface area contributed by atoms with E-state index in [-0.39, 0.29) is 5.91 Å². The van der Waals surface area contributed by atoms with Gasteiger partial charge in [0.15, 0.2) is 0 Å². The molecule has 2 aromatic rings. The molecule has 0 spiro atoms. The Bertz CT molecular complexity index is 549. The molecule has 0 saturated heterocycles. The zero-order valence-electron chi connectivity index (χ0n) is 11.9. The maximum Gasteiger partial charge on any atom is 0.234 e. The zero-order chi connectivity index (χ0) is 14.4. The van der Waals surface area contributed by atoms with Crippen molar-refractivity contribution in [1.82, 2.24) is 10.2 Å². The van der Waals surface area contributed by atoms with Crippen molar-refractivity contribution in [2.75, 3.05) is 13.6 Å². The van der Waals surface area contributed by atoms with Crippen LogP contribution in [0, 0.1) is 6.92 Å². The van der Waals surface area contributed by atoms with E-state index in [1.165, 1.54) is 5.56 Å². The van der Waals surface area contributed by atoms with E-state index in [2.05, 4.69) is 5.32 Å². The molecule has 1 heterocycles. The summed E-state index contributed by atoms with van der Waals surface area (Å²) in [6.45, 7) is 3.60. The van der Waals surface area contributed by atoms with Gasteiger partial charge in [0.05, 0.1) is 19.4 Å². The maximum atomic E-state index is 11.9. The minimum absolute atomic E-state index is 0.0160. The van der Waals surface area contributed by atoms with Gasteiger partial charge in [-0.25, -0.2) is 0 Å². The number of hydrogen-bond acceptors (Lipinski definition) is 3. The first-order chi connectivity index (χ1) is 9.65. The van der Waals surface area contributed by atoms with E-state index < -0.39 is 0 Å². The predicted octanol–water partition coefficient (Wildman–Crippen LogP) is 2.34. The summed E-state index contributed by atoms with van der Waals surface area (Å²) in [6.07, 6.45) is 1.64. The van der Waals surface area contributed by atoms with Gasteiger partial charge in [0.1, 0.15) is 5.76 Å². The highest BCUT2D eigenvalue weighted by Gasteiger charge is 2.08. The summed E-state index contributed by atoms with van der Waals surface area (Å²) in [5, 5.41) is 2.94. The van der Waals surface area contributed by atoms with Crippen LogP contribution in [0.2, 0.25) is 0 Å². The molecule has 0 atom stereocenters. The highest BCUT2D eigenvalue weighted by molar-refractivity contribution is 5.78. The largest absolute Gasteiger partial charge is 0.468 e. The van der Waals surface area contributed by atoms with Crippen LogP contribution in [0.5, 0.6) is 0 Å². The average molecular weight is 272 g/mol. The van der Waals surface area contributed by atoms with Gasteiger partial charge in [0.2, 0.25) is 5.91 Å². The number of nitrogens with zero attached hydrogens (tertiary/aromatic N) is 1. The third-order valence-corrected chi connectivity index (χ3v) is 3.16. The number of furan rings is 1. The number of carbonyl (C=O) groups is 1. The van der Waals surface area contributed by atoms with Gasteiger partial charge >= 0.3 is 0 Å². The number of rotatable bonds is 6. The van der Waals surface area contributed by atoms with Gasteiger partial charge in [-0.2, -0.15) is 0 Å². The normalized spacial score (nSPS) is 10.8. The predicted molar refractivity (Wildman–Crippen MR) is 78.1 cm³/mol. The van der Waals surface area contributed by atoms with Crippen molar-refractivity contribution in [1.29, 1.82) is 0 Å². The van der Waals surface area contributed by atoms with Gasteiger partial charge in [0.25, 0.3) is 0 Å². The summed E-state index contributed by atoms with van der Waals surface area (Å²) in [5.41, 5.74) is 2.34. The van der Waals surface area contributed by atoms with Crippen molar-refractivity contribution in [3.63, 3.8) is 0 Å². The molecule has 0 fully saturated rings. The van der Waals surface area contributed by atoms with Crippen LogP contribution in [0.1, 0.15) is 16.9 Å². The summed E-state index contributed by atoms with van der Waals surface area (Å²) in [7, 11) is 1.90. The standard InChI is InChI=1S/C16H20N2O2/c1-13-6-3-4-7-14(13)10-17-16(19)12-18(2)11-15-8-5-9-20-15/h3-9H,10-12H2,1-2H3,(H,17,19). The zero-order valence-corrected chi connectivity index (χ0v) is 11.9. The van der Waals surface area contributed by atoms with E-state index in [0.717, 1.165) is 11.3 Å². The van der Waals surface area contributed by atoms with Gasteiger partial charge < -0.3 is 9.73 Å². The van der Waals surface area contributed by atoms with Crippen LogP contribution in [0.25, 0.3) is 0 Å². The Morgan fingerprint density at radius 3 is 2.75 bits per heavy atom. The topological polar surface area (TPSA) is 45.5 Å². The van der Waals surface area contributed by atoms with Crippen LogP contribution in [0.3, 0.4) is 0 Å². The smallest absolute Gasteiger partial charge is 0.234 e. The lowest BCUT2D eigenvalue weighted by molar-refractivity contribution is -0.122. The molecular formula is C16H20N2O2. The number of hydrogen-bond donors (Lipinski definition) is 1. The number of benzene rings is 1.